The van der Waals surface area contributed by atoms with Crippen LogP contribution >= 0.6 is 11.8 Å². The highest BCUT2D eigenvalue weighted by atomic mass is 32.2. The molecule has 0 bridgehead atoms. The first kappa shape index (κ1) is 19.0. The van der Waals surface area contributed by atoms with Crippen molar-refractivity contribution in [2.24, 2.45) is 7.05 Å². The summed E-state index contributed by atoms with van der Waals surface area (Å²) in [6.07, 6.45) is 0. The number of benzene rings is 3. The maximum Gasteiger partial charge on any atom is 0.237 e. The van der Waals surface area contributed by atoms with Crippen molar-refractivity contribution in [3.8, 4) is 17.1 Å². The van der Waals surface area contributed by atoms with E-state index in [1.54, 1.807) is 24.3 Å². The van der Waals surface area contributed by atoms with E-state index in [4.69, 9.17) is 0 Å². The van der Waals surface area contributed by atoms with Gasteiger partial charge in [0.15, 0.2) is 11.0 Å². The molecule has 7 heteroatoms. The van der Waals surface area contributed by atoms with Crippen LogP contribution in [0.15, 0.2) is 71.9 Å². The van der Waals surface area contributed by atoms with Crippen molar-refractivity contribution in [1.29, 1.82) is 0 Å². The Bertz CT molecular complexity index is 1170. The van der Waals surface area contributed by atoms with Gasteiger partial charge < -0.3 is 15.0 Å². The predicted octanol–water partition coefficient (Wildman–Crippen LogP) is 4.46. The van der Waals surface area contributed by atoms with Crippen molar-refractivity contribution >= 4 is 34.1 Å². The number of carbonyl (C=O) groups is 1. The second kappa shape index (κ2) is 7.97. The number of amides is 1. The molecule has 4 rings (SSSR count). The van der Waals surface area contributed by atoms with Gasteiger partial charge in [0.25, 0.3) is 0 Å². The molecule has 0 fully saturated rings. The number of nitrogens with one attached hydrogen (secondary N) is 1. The Morgan fingerprint density at radius 1 is 1.03 bits per heavy atom. The van der Waals surface area contributed by atoms with Crippen LogP contribution in [0.25, 0.3) is 22.2 Å². The molecule has 146 valence electrons. The van der Waals surface area contributed by atoms with Gasteiger partial charge in [-0.2, -0.15) is 0 Å². The molecule has 0 spiro atoms. The van der Waals surface area contributed by atoms with Gasteiger partial charge in [0, 0.05) is 23.7 Å². The zero-order chi connectivity index (χ0) is 20.4. The second-order valence-corrected chi connectivity index (χ2v) is 8.00. The number of aromatic hydroxyl groups is 1. The third-order valence-corrected chi connectivity index (χ3v) is 5.79. The van der Waals surface area contributed by atoms with E-state index in [0.717, 1.165) is 22.0 Å². The Balaban J connectivity index is 1.50. The zero-order valence-corrected chi connectivity index (χ0v) is 16.9. The molecule has 2 N–H and O–H groups in total. The number of thioether (sulfide) groups is 1. The Labute approximate surface area is 172 Å². The summed E-state index contributed by atoms with van der Waals surface area (Å²) in [5.74, 6) is 0.777. The van der Waals surface area contributed by atoms with Crippen LogP contribution in [-0.4, -0.2) is 31.0 Å². The average molecular weight is 404 g/mol. The molecule has 0 aliphatic carbocycles. The molecule has 0 saturated carbocycles. The lowest BCUT2D eigenvalue weighted by atomic mass is 10.1. The van der Waals surface area contributed by atoms with Crippen molar-refractivity contribution in [3.05, 3.63) is 66.7 Å². The van der Waals surface area contributed by atoms with Crippen molar-refractivity contribution in [3.63, 3.8) is 0 Å². The first-order valence-electron chi connectivity index (χ1n) is 9.17. The quantitative estimate of drug-likeness (QED) is 0.480. The molecule has 4 aromatic rings. The summed E-state index contributed by atoms with van der Waals surface area (Å²) in [5, 5.41) is 23.3. The molecule has 29 heavy (non-hydrogen) atoms. The van der Waals surface area contributed by atoms with Crippen LogP contribution in [0.5, 0.6) is 5.75 Å². The Morgan fingerprint density at radius 3 is 2.55 bits per heavy atom. The molecular weight excluding hydrogens is 384 g/mol. The Kier molecular flexibility index (Phi) is 5.22. The SMILES string of the molecule is C[C@H](Sc1nnc(-c2ccc(O)cc2)n1C)C(=O)Nc1cccc2ccccc12. The lowest BCUT2D eigenvalue weighted by molar-refractivity contribution is -0.115. The number of hydrogen-bond donors (Lipinski definition) is 2. The van der Waals surface area contributed by atoms with E-state index in [-0.39, 0.29) is 16.9 Å². The number of hydrogen-bond acceptors (Lipinski definition) is 5. The van der Waals surface area contributed by atoms with E-state index in [1.165, 1.54) is 11.8 Å². The number of rotatable bonds is 5. The van der Waals surface area contributed by atoms with Crippen LogP contribution in [0, 0.1) is 0 Å². The van der Waals surface area contributed by atoms with Gasteiger partial charge in [-0.3, -0.25) is 4.79 Å². The molecule has 1 heterocycles. The van der Waals surface area contributed by atoms with Gasteiger partial charge in [0.05, 0.1) is 5.25 Å². The number of carbonyl (C=O) groups excluding carboxylic acids is 1. The largest absolute Gasteiger partial charge is 0.508 e. The Hall–Kier alpha value is -3.32. The summed E-state index contributed by atoms with van der Waals surface area (Å²) in [5.41, 5.74) is 1.64. The molecular formula is C22H20N4O2S. The van der Waals surface area contributed by atoms with Gasteiger partial charge in [-0.25, -0.2) is 0 Å². The third-order valence-electron chi connectivity index (χ3n) is 4.66. The number of phenolic OH excluding ortho intramolecular Hbond substituents is 1. The minimum Gasteiger partial charge on any atom is -0.508 e. The molecule has 6 nitrogen and oxygen atoms in total. The number of aromatic nitrogens is 3. The van der Waals surface area contributed by atoms with Crippen molar-refractivity contribution in [1.82, 2.24) is 14.8 Å². The monoisotopic (exact) mass is 404 g/mol. The summed E-state index contributed by atoms with van der Waals surface area (Å²) in [7, 11) is 1.86. The molecule has 0 aliphatic heterocycles. The van der Waals surface area contributed by atoms with E-state index in [0.29, 0.717) is 11.0 Å². The van der Waals surface area contributed by atoms with Gasteiger partial charge in [-0.05, 0) is 42.6 Å². The topological polar surface area (TPSA) is 80.0 Å². The van der Waals surface area contributed by atoms with Crippen LogP contribution in [0.4, 0.5) is 5.69 Å². The van der Waals surface area contributed by atoms with Crippen LogP contribution in [-0.2, 0) is 11.8 Å². The maximum atomic E-state index is 12.8. The van der Waals surface area contributed by atoms with Gasteiger partial charge in [-0.1, -0.05) is 48.2 Å². The van der Waals surface area contributed by atoms with Crippen LogP contribution in [0.1, 0.15) is 6.92 Å². The Morgan fingerprint density at radius 2 is 1.76 bits per heavy atom. The fraction of sp³-hybridized carbons (Fsp3) is 0.136. The fourth-order valence-electron chi connectivity index (χ4n) is 3.06. The number of phenols is 1. The standard InChI is InChI=1S/C22H20N4O2S/c1-14(21(28)23-19-9-5-7-15-6-3-4-8-18(15)19)29-22-25-24-20(26(22)2)16-10-12-17(27)13-11-16/h3-14,27H,1-2H3,(H,23,28)/t14-/m0/s1. The van der Waals surface area contributed by atoms with Gasteiger partial charge in [0.1, 0.15) is 5.75 Å². The van der Waals surface area contributed by atoms with Crippen molar-refractivity contribution in [2.75, 3.05) is 5.32 Å². The van der Waals surface area contributed by atoms with Crippen LogP contribution in [0.2, 0.25) is 0 Å². The average Bonchev–Trinajstić information content (AvgIpc) is 3.09. The minimum absolute atomic E-state index is 0.0967. The van der Waals surface area contributed by atoms with Gasteiger partial charge >= 0.3 is 0 Å². The first-order chi connectivity index (χ1) is 14.0. The van der Waals surface area contributed by atoms with E-state index in [2.05, 4.69) is 15.5 Å². The second-order valence-electron chi connectivity index (χ2n) is 6.69. The lowest BCUT2D eigenvalue weighted by Crippen LogP contribution is -2.23. The summed E-state index contributed by atoms with van der Waals surface area (Å²) in [6.45, 7) is 1.85. The maximum absolute atomic E-state index is 12.8. The minimum atomic E-state index is -0.357. The highest BCUT2D eigenvalue weighted by Gasteiger charge is 2.20. The summed E-state index contributed by atoms with van der Waals surface area (Å²) in [4.78, 5) is 12.8. The zero-order valence-electron chi connectivity index (χ0n) is 16.0. The predicted molar refractivity (Wildman–Crippen MR) is 116 cm³/mol. The normalized spacial score (nSPS) is 12.1. The highest BCUT2D eigenvalue weighted by Crippen LogP contribution is 2.28. The summed E-state index contributed by atoms with van der Waals surface area (Å²) in [6, 6.07) is 20.6. The fourth-order valence-corrected chi connectivity index (χ4v) is 3.87. The number of anilines is 1. The van der Waals surface area contributed by atoms with Crippen molar-refractivity contribution < 1.29 is 9.90 Å². The molecule has 1 atom stereocenters. The summed E-state index contributed by atoms with van der Waals surface area (Å²) >= 11 is 1.35. The molecule has 0 aliphatic rings. The molecule has 0 unspecified atom stereocenters. The molecule has 0 saturated heterocycles. The third kappa shape index (κ3) is 3.95. The van der Waals surface area contributed by atoms with E-state index in [9.17, 15) is 9.90 Å². The van der Waals surface area contributed by atoms with Crippen molar-refractivity contribution in [2.45, 2.75) is 17.3 Å². The number of nitrogens with zero attached hydrogens (tertiary/aromatic N) is 3. The molecule has 0 radical (unpaired) electrons. The smallest absolute Gasteiger partial charge is 0.237 e. The highest BCUT2D eigenvalue weighted by molar-refractivity contribution is 8.00. The van der Waals surface area contributed by atoms with E-state index < -0.39 is 0 Å². The molecule has 1 amide bonds. The lowest BCUT2D eigenvalue weighted by Gasteiger charge is -2.13. The molecule has 1 aromatic heterocycles. The molecule has 3 aromatic carbocycles. The van der Waals surface area contributed by atoms with Crippen LogP contribution < -0.4 is 5.32 Å². The van der Waals surface area contributed by atoms with E-state index in [1.807, 2.05) is 61.0 Å². The van der Waals surface area contributed by atoms with Gasteiger partial charge in [0.2, 0.25) is 5.91 Å². The van der Waals surface area contributed by atoms with E-state index >= 15 is 0 Å². The van der Waals surface area contributed by atoms with Gasteiger partial charge in [-0.15, -0.1) is 10.2 Å². The van der Waals surface area contributed by atoms with Crippen LogP contribution in [0.3, 0.4) is 0 Å². The number of fused-ring (bicyclic) bond motifs is 1. The first-order valence-corrected chi connectivity index (χ1v) is 10.0. The summed E-state index contributed by atoms with van der Waals surface area (Å²) < 4.78 is 1.85.